The van der Waals surface area contributed by atoms with Gasteiger partial charge in [-0.3, -0.25) is 9.78 Å². The van der Waals surface area contributed by atoms with Crippen molar-refractivity contribution in [3.8, 4) is 0 Å². The molecule has 1 N–H and O–H groups in total. The van der Waals surface area contributed by atoms with Crippen LogP contribution in [-0.2, 0) is 14.8 Å². The minimum Gasteiger partial charge on any atom is -0.349 e. The molecule has 2 heterocycles. The fourth-order valence-corrected chi connectivity index (χ4v) is 5.27. The van der Waals surface area contributed by atoms with E-state index in [9.17, 15) is 17.6 Å². The monoisotopic (exact) mass is 459 g/mol. The SMILES string of the molecule is CC(NC(=O)C1CCN(S(=O)(=O)c2cccnc2)CC1)c1cc(F)c(Cl)cc1Cl. The van der Waals surface area contributed by atoms with E-state index in [1.54, 1.807) is 13.0 Å². The van der Waals surface area contributed by atoms with Crippen LogP contribution in [0.25, 0.3) is 0 Å². The highest BCUT2D eigenvalue weighted by molar-refractivity contribution is 7.89. The predicted molar refractivity (Wildman–Crippen MR) is 109 cm³/mol. The van der Waals surface area contributed by atoms with Gasteiger partial charge in [0.05, 0.1) is 11.1 Å². The summed E-state index contributed by atoms with van der Waals surface area (Å²) >= 11 is 11.8. The Morgan fingerprint density at radius 2 is 1.97 bits per heavy atom. The first kappa shape index (κ1) is 22.0. The lowest BCUT2D eigenvalue weighted by Crippen LogP contribution is -2.43. The van der Waals surface area contributed by atoms with E-state index in [4.69, 9.17) is 23.2 Å². The Morgan fingerprint density at radius 3 is 2.59 bits per heavy atom. The van der Waals surface area contributed by atoms with Gasteiger partial charge in [-0.25, -0.2) is 12.8 Å². The van der Waals surface area contributed by atoms with Gasteiger partial charge in [-0.2, -0.15) is 4.31 Å². The molecule has 1 fully saturated rings. The van der Waals surface area contributed by atoms with E-state index in [1.165, 1.54) is 34.9 Å². The highest BCUT2D eigenvalue weighted by atomic mass is 35.5. The molecule has 0 saturated carbocycles. The summed E-state index contributed by atoms with van der Waals surface area (Å²) in [5, 5.41) is 3.01. The molecule has 6 nitrogen and oxygen atoms in total. The fraction of sp³-hybridized carbons (Fsp3) is 0.368. The first-order valence-electron chi connectivity index (χ1n) is 9.05. The zero-order valence-electron chi connectivity index (χ0n) is 15.6. The molecule has 1 aliphatic rings. The van der Waals surface area contributed by atoms with Gasteiger partial charge in [0.15, 0.2) is 0 Å². The van der Waals surface area contributed by atoms with Gasteiger partial charge < -0.3 is 5.32 Å². The van der Waals surface area contributed by atoms with Crippen LogP contribution < -0.4 is 5.32 Å². The largest absolute Gasteiger partial charge is 0.349 e. The minimum absolute atomic E-state index is 0.0838. The molecule has 0 spiro atoms. The van der Waals surface area contributed by atoms with Gasteiger partial charge in [0.2, 0.25) is 15.9 Å². The fourth-order valence-electron chi connectivity index (χ4n) is 3.29. The van der Waals surface area contributed by atoms with Gasteiger partial charge in [-0.05, 0) is 49.6 Å². The van der Waals surface area contributed by atoms with Crippen LogP contribution in [0.4, 0.5) is 4.39 Å². The lowest BCUT2D eigenvalue weighted by molar-refractivity contribution is -0.126. The van der Waals surface area contributed by atoms with E-state index < -0.39 is 21.9 Å². The molecule has 2 aromatic rings. The van der Waals surface area contributed by atoms with Crippen LogP contribution in [-0.4, -0.2) is 36.7 Å². The first-order valence-corrected chi connectivity index (χ1v) is 11.2. The number of hydrogen-bond donors (Lipinski definition) is 1. The summed E-state index contributed by atoms with van der Waals surface area (Å²) in [4.78, 5) is 16.6. The lowest BCUT2D eigenvalue weighted by atomic mass is 9.96. The second-order valence-electron chi connectivity index (χ2n) is 6.89. The first-order chi connectivity index (χ1) is 13.7. The molecule has 1 aromatic heterocycles. The van der Waals surface area contributed by atoms with Crippen molar-refractivity contribution in [2.45, 2.75) is 30.7 Å². The molecule has 0 aliphatic carbocycles. The van der Waals surface area contributed by atoms with Crippen LogP contribution in [0.1, 0.15) is 31.4 Å². The molecule has 1 atom stereocenters. The van der Waals surface area contributed by atoms with Gasteiger partial charge in [0.25, 0.3) is 0 Å². The summed E-state index contributed by atoms with van der Waals surface area (Å²) in [5.41, 5.74) is 0.429. The van der Waals surface area contributed by atoms with E-state index in [-0.39, 0.29) is 39.9 Å². The number of benzene rings is 1. The molecule has 0 bridgehead atoms. The van der Waals surface area contributed by atoms with Crippen molar-refractivity contribution in [2.75, 3.05) is 13.1 Å². The molecule has 1 aliphatic heterocycles. The quantitative estimate of drug-likeness (QED) is 0.689. The second-order valence-corrected chi connectivity index (χ2v) is 9.64. The molecule has 0 radical (unpaired) electrons. The van der Waals surface area contributed by atoms with Crippen molar-refractivity contribution in [3.63, 3.8) is 0 Å². The summed E-state index contributed by atoms with van der Waals surface area (Å²) in [7, 11) is -3.62. The number of aromatic nitrogens is 1. The van der Waals surface area contributed by atoms with Crippen LogP contribution in [0.2, 0.25) is 10.0 Å². The third-order valence-electron chi connectivity index (χ3n) is 4.96. The third-order valence-corrected chi connectivity index (χ3v) is 7.46. The van der Waals surface area contributed by atoms with Crippen molar-refractivity contribution in [1.29, 1.82) is 0 Å². The minimum atomic E-state index is -3.62. The lowest BCUT2D eigenvalue weighted by Gasteiger charge is -2.31. The van der Waals surface area contributed by atoms with Crippen molar-refractivity contribution >= 4 is 39.1 Å². The zero-order valence-corrected chi connectivity index (χ0v) is 17.9. The highest BCUT2D eigenvalue weighted by Gasteiger charge is 2.32. The molecule has 1 aromatic carbocycles. The van der Waals surface area contributed by atoms with Crippen molar-refractivity contribution in [3.05, 3.63) is 58.1 Å². The van der Waals surface area contributed by atoms with Gasteiger partial charge in [-0.1, -0.05) is 23.2 Å². The van der Waals surface area contributed by atoms with E-state index in [0.29, 0.717) is 18.4 Å². The number of sulfonamides is 1. The zero-order chi connectivity index (χ0) is 21.2. The summed E-state index contributed by atoms with van der Waals surface area (Å²) in [6.45, 7) is 2.18. The Bertz CT molecular complexity index is 997. The standard InChI is InChI=1S/C19H20Cl2FN3O3S/c1-12(15-9-18(22)17(21)10-16(15)20)24-19(26)13-4-7-25(8-5-13)29(27,28)14-3-2-6-23-11-14/h2-3,6,9-13H,4-5,7-8H2,1H3,(H,24,26). The second kappa shape index (κ2) is 8.95. The van der Waals surface area contributed by atoms with Crippen molar-refractivity contribution < 1.29 is 17.6 Å². The topological polar surface area (TPSA) is 79.4 Å². The van der Waals surface area contributed by atoms with Crippen LogP contribution >= 0.6 is 23.2 Å². The van der Waals surface area contributed by atoms with Gasteiger partial charge in [0.1, 0.15) is 10.7 Å². The van der Waals surface area contributed by atoms with Crippen molar-refractivity contribution in [1.82, 2.24) is 14.6 Å². The summed E-state index contributed by atoms with van der Waals surface area (Å²) in [5.74, 6) is -1.17. The maximum Gasteiger partial charge on any atom is 0.244 e. The van der Waals surface area contributed by atoms with Gasteiger partial charge >= 0.3 is 0 Å². The van der Waals surface area contributed by atoms with Crippen LogP contribution in [0.3, 0.4) is 0 Å². The molecule has 10 heteroatoms. The average Bonchev–Trinajstić information content (AvgIpc) is 2.71. The number of rotatable bonds is 5. The highest BCUT2D eigenvalue weighted by Crippen LogP contribution is 2.29. The molecule has 3 rings (SSSR count). The summed E-state index contributed by atoms with van der Waals surface area (Å²) in [6.07, 6.45) is 3.60. The molecule has 156 valence electrons. The third kappa shape index (κ3) is 4.88. The normalized spacial score (nSPS) is 17.1. The number of carbonyl (C=O) groups is 1. The molecule has 1 saturated heterocycles. The van der Waals surface area contributed by atoms with E-state index >= 15 is 0 Å². The Kier molecular flexibility index (Phi) is 6.78. The smallest absolute Gasteiger partial charge is 0.244 e. The number of hydrogen-bond acceptors (Lipinski definition) is 4. The maximum atomic E-state index is 13.7. The molecular formula is C19H20Cl2FN3O3S. The van der Waals surface area contributed by atoms with Crippen LogP contribution in [0.5, 0.6) is 0 Å². The van der Waals surface area contributed by atoms with E-state index in [2.05, 4.69) is 10.3 Å². The van der Waals surface area contributed by atoms with Crippen LogP contribution in [0.15, 0.2) is 41.6 Å². The Labute approximate surface area is 179 Å². The number of nitrogens with zero attached hydrogens (tertiary/aromatic N) is 2. The molecular weight excluding hydrogens is 440 g/mol. The Morgan fingerprint density at radius 1 is 1.28 bits per heavy atom. The van der Waals surface area contributed by atoms with Gasteiger partial charge in [-0.15, -0.1) is 0 Å². The predicted octanol–water partition coefficient (Wildman–Crippen LogP) is 3.81. The maximum absolute atomic E-state index is 13.7. The average molecular weight is 460 g/mol. The molecule has 1 unspecified atom stereocenters. The van der Waals surface area contributed by atoms with Crippen molar-refractivity contribution in [2.24, 2.45) is 5.92 Å². The number of nitrogens with one attached hydrogen (secondary N) is 1. The Hall–Kier alpha value is -1.74. The summed E-state index contributed by atoms with van der Waals surface area (Å²) in [6, 6.07) is 5.06. The number of carbonyl (C=O) groups excluding carboxylic acids is 1. The van der Waals surface area contributed by atoms with Crippen LogP contribution in [0, 0.1) is 11.7 Å². The molecule has 1 amide bonds. The number of halogens is 3. The Balaban J connectivity index is 1.61. The summed E-state index contributed by atoms with van der Waals surface area (Å²) < 4.78 is 40.4. The van der Waals surface area contributed by atoms with E-state index in [0.717, 1.165) is 0 Å². The number of pyridine rings is 1. The number of amides is 1. The molecule has 29 heavy (non-hydrogen) atoms. The van der Waals surface area contributed by atoms with E-state index in [1.807, 2.05) is 0 Å². The van der Waals surface area contributed by atoms with Gasteiger partial charge in [0, 0.05) is 36.4 Å². The number of piperidine rings is 1.